The summed E-state index contributed by atoms with van der Waals surface area (Å²) in [6.07, 6.45) is -9.02. The van der Waals surface area contributed by atoms with Gasteiger partial charge in [0.25, 0.3) is 0 Å². The summed E-state index contributed by atoms with van der Waals surface area (Å²) in [5, 5.41) is 55.1. The number of ether oxygens (including phenoxy) is 2. The second kappa shape index (κ2) is 7.10. The van der Waals surface area contributed by atoms with Gasteiger partial charge in [0.15, 0.2) is 6.29 Å². The SMILES string of the molecule is O=C(O)CC(CO)OC1OC(CO)C(O)C(O)C1O. The maximum absolute atomic E-state index is 10.5. The second-order valence-corrected chi connectivity index (χ2v) is 4.24. The molecule has 0 amide bonds. The first-order valence-electron chi connectivity index (χ1n) is 5.69. The molecule has 1 heterocycles. The Bertz CT molecular complexity index is 295. The third-order valence-corrected chi connectivity index (χ3v) is 2.78. The summed E-state index contributed by atoms with van der Waals surface area (Å²) in [5.74, 6) is -1.22. The second-order valence-electron chi connectivity index (χ2n) is 4.24. The van der Waals surface area contributed by atoms with Gasteiger partial charge < -0.3 is 40.1 Å². The molecule has 1 saturated heterocycles. The lowest BCUT2D eigenvalue weighted by atomic mass is 9.99. The molecular weight excluding hydrogens is 264 g/mol. The van der Waals surface area contributed by atoms with Crippen LogP contribution in [0, 0.1) is 0 Å². The van der Waals surface area contributed by atoms with Gasteiger partial charge in [0.05, 0.1) is 25.7 Å². The summed E-state index contributed by atoms with van der Waals surface area (Å²) in [6, 6.07) is 0. The van der Waals surface area contributed by atoms with Crippen molar-refractivity contribution in [1.29, 1.82) is 0 Å². The van der Waals surface area contributed by atoms with Crippen LogP contribution in [0.15, 0.2) is 0 Å². The van der Waals surface area contributed by atoms with Gasteiger partial charge in [-0.05, 0) is 0 Å². The molecule has 0 aliphatic carbocycles. The van der Waals surface area contributed by atoms with Gasteiger partial charge in [0.1, 0.15) is 24.4 Å². The molecule has 0 aromatic carbocycles. The average molecular weight is 282 g/mol. The molecule has 0 bridgehead atoms. The maximum Gasteiger partial charge on any atom is 0.306 e. The van der Waals surface area contributed by atoms with Crippen LogP contribution in [0.4, 0.5) is 0 Å². The largest absolute Gasteiger partial charge is 0.481 e. The minimum atomic E-state index is -1.62. The predicted octanol–water partition coefficient (Wildman–Crippen LogP) is -3.36. The lowest BCUT2D eigenvalue weighted by Gasteiger charge is -2.40. The average Bonchev–Trinajstić information content (AvgIpc) is 2.37. The normalized spacial score (nSPS) is 37.0. The molecule has 1 aliphatic heterocycles. The lowest BCUT2D eigenvalue weighted by Crippen LogP contribution is -2.59. The number of hydrogen-bond donors (Lipinski definition) is 6. The van der Waals surface area contributed by atoms with E-state index in [0.29, 0.717) is 0 Å². The van der Waals surface area contributed by atoms with Crippen LogP contribution in [0.2, 0.25) is 0 Å². The Morgan fingerprint density at radius 3 is 2.26 bits per heavy atom. The van der Waals surface area contributed by atoms with Gasteiger partial charge in [-0.15, -0.1) is 0 Å². The highest BCUT2D eigenvalue weighted by molar-refractivity contribution is 5.67. The van der Waals surface area contributed by atoms with Crippen molar-refractivity contribution in [2.75, 3.05) is 13.2 Å². The summed E-state index contributed by atoms with van der Waals surface area (Å²) in [6.45, 7) is -1.24. The number of carboxylic acid groups (broad SMARTS) is 1. The van der Waals surface area contributed by atoms with E-state index in [2.05, 4.69) is 0 Å². The van der Waals surface area contributed by atoms with E-state index in [-0.39, 0.29) is 0 Å². The number of aliphatic hydroxyl groups excluding tert-OH is 5. The number of carboxylic acids is 1. The van der Waals surface area contributed by atoms with E-state index in [1.807, 2.05) is 0 Å². The molecule has 6 unspecified atom stereocenters. The van der Waals surface area contributed by atoms with Gasteiger partial charge in [0.2, 0.25) is 0 Å². The maximum atomic E-state index is 10.5. The minimum absolute atomic E-state index is 0.522. The molecular formula is C10H18O9. The fourth-order valence-electron chi connectivity index (χ4n) is 1.72. The van der Waals surface area contributed by atoms with Crippen LogP contribution in [0.25, 0.3) is 0 Å². The number of aliphatic carboxylic acids is 1. The van der Waals surface area contributed by atoms with Gasteiger partial charge in [-0.3, -0.25) is 4.79 Å². The van der Waals surface area contributed by atoms with Crippen LogP contribution in [0.3, 0.4) is 0 Å². The molecule has 112 valence electrons. The Hall–Kier alpha value is -0.810. The summed E-state index contributed by atoms with van der Waals surface area (Å²) in [4.78, 5) is 10.5. The minimum Gasteiger partial charge on any atom is -0.481 e. The monoisotopic (exact) mass is 282 g/mol. The molecule has 0 aromatic rings. The van der Waals surface area contributed by atoms with Gasteiger partial charge in [-0.25, -0.2) is 0 Å². The highest BCUT2D eigenvalue weighted by Crippen LogP contribution is 2.23. The summed E-state index contributed by atoms with van der Waals surface area (Å²) < 4.78 is 10.0. The number of aliphatic hydroxyl groups is 5. The first-order valence-corrected chi connectivity index (χ1v) is 5.69. The van der Waals surface area contributed by atoms with Gasteiger partial charge >= 0.3 is 5.97 Å². The number of rotatable bonds is 6. The Kier molecular flexibility index (Phi) is 6.07. The topological polar surface area (TPSA) is 157 Å². The third kappa shape index (κ3) is 4.08. The van der Waals surface area contributed by atoms with E-state index in [1.54, 1.807) is 0 Å². The van der Waals surface area contributed by atoms with Crippen LogP contribution in [0.1, 0.15) is 6.42 Å². The molecule has 0 aromatic heterocycles. The number of carbonyl (C=O) groups is 1. The van der Waals surface area contributed by atoms with Crippen molar-refractivity contribution >= 4 is 5.97 Å². The molecule has 9 nitrogen and oxygen atoms in total. The van der Waals surface area contributed by atoms with E-state index in [4.69, 9.17) is 24.8 Å². The van der Waals surface area contributed by atoms with Crippen LogP contribution < -0.4 is 0 Å². The molecule has 1 fully saturated rings. The van der Waals surface area contributed by atoms with Crippen LogP contribution in [-0.4, -0.2) is 86.6 Å². The van der Waals surface area contributed by atoms with E-state index in [0.717, 1.165) is 0 Å². The Labute approximate surface area is 108 Å². The molecule has 9 heteroatoms. The highest BCUT2D eigenvalue weighted by atomic mass is 16.7. The van der Waals surface area contributed by atoms with Crippen molar-refractivity contribution in [2.24, 2.45) is 0 Å². The molecule has 6 N–H and O–H groups in total. The van der Waals surface area contributed by atoms with Crippen LogP contribution in [-0.2, 0) is 14.3 Å². The summed E-state index contributed by atoms with van der Waals surface area (Å²) in [7, 11) is 0. The zero-order chi connectivity index (χ0) is 14.6. The van der Waals surface area contributed by atoms with Crippen molar-refractivity contribution in [3.63, 3.8) is 0 Å². The summed E-state index contributed by atoms with van der Waals surface area (Å²) >= 11 is 0. The first-order chi connectivity index (χ1) is 8.90. The Balaban J connectivity index is 2.67. The quantitative estimate of drug-likeness (QED) is 0.292. The van der Waals surface area contributed by atoms with Gasteiger partial charge in [-0.1, -0.05) is 0 Å². The van der Waals surface area contributed by atoms with Crippen molar-refractivity contribution < 1.29 is 44.9 Å². The number of hydrogen-bond acceptors (Lipinski definition) is 8. The van der Waals surface area contributed by atoms with Crippen LogP contribution in [0.5, 0.6) is 0 Å². The van der Waals surface area contributed by atoms with Gasteiger partial charge in [-0.2, -0.15) is 0 Å². The smallest absolute Gasteiger partial charge is 0.306 e. The third-order valence-electron chi connectivity index (χ3n) is 2.78. The zero-order valence-corrected chi connectivity index (χ0v) is 9.99. The fourth-order valence-corrected chi connectivity index (χ4v) is 1.72. The van der Waals surface area contributed by atoms with E-state index in [9.17, 15) is 20.1 Å². The van der Waals surface area contributed by atoms with E-state index in [1.165, 1.54) is 0 Å². The highest BCUT2D eigenvalue weighted by Gasteiger charge is 2.44. The molecule has 1 aliphatic rings. The predicted molar refractivity (Wildman–Crippen MR) is 58.0 cm³/mol. The fraction of sp³-hybridized carbons (Fsp3) is 0.900. The van der Waals surface area contributed by atoms with E-state index >= 15 is 0 Å². The van der Waals surface area contributed by atoms with Crippen molar-refractivity contribution in [1.82, 2.24) is 0 Å². The van der Waals surface area contributed by atoms with Crippen molar-refractivity contribution in [3.05, 3.63) is 0 Å². The standard InChI is InChI=1S/C10H18O9/c11-2-4(1-6(13)14)18-10-9(17)8(16)7(15)5(3-12)19-10/h4-5,7-12,15-17H,1-3H2,(H,13,14). The van der Waals surface area contributed by atoms with E-state index < -0.39 is 62.4 Å². The first kappa shape index (κ1) is 16.2. The Morgan fingerprint density at radius 1 is 1.16 bits per heavy atom. The summed E-state index contributed by atoms with van der Waals surface area (Å²) in [5.41, 5.74) is 0. The molecule has 1 rings (SSSR count). The van der Waals surface area contributed by atoms with Gasteiger partial charge in [0, 0.05) is 0 Å². The Morgan fingerprint density at radius 2 is 1.79 bits per heavy atom. The van der Waals surface area contributed by atoms with Crippen LogP contribution >= 0.6 is 0 Å². The lowest BCUT2D eigenvalue weighted by molar-refractivity contribution is -0.313. The molecule has 0 radical (unpaired) electrons. The zero-order valence-electron chi connectivity index (χ0n) is 9.99. The molecule has 0 saturated carbocycles. The van der Waals surface area contributed by atoms with Crippen molar-refractivity contribution in [2.45, 2.75) is 43.2 Å². The molecule has 6 atom stereocenters. The molecule has 19 heavy (non-hydrogen) atoms. The molecule has 0 spiro atoms. The van der Waals surface area contributed by atoms with Crippen molar-refractivity contribution in [3.8, 4) is 0 Å².